The highest BCUT2D eigenvalue weighted by Gasteiger charge is 2.01. The summed E-state index contributed by atoms with van der Waals surface area (Å²) in [5.41, 5.74) is 1.37. The minimum Gasteiger partial charge on any atom is -0.469 e. The van der Waals surface area contributed by atoms with Crippen LogP contribution in [0.3, 0.4) is 0 Å². The van der Waals surface area contributed by atoms with Gasteiger partial charge in [0.25, 0.3) is 0 Å². The Kier molecular flexibility index (Phi) is 8.72. The van der Waals surface area contributed by atoms with E-state index in [1.54, 1.807) is 0 Å². The molecule has 0 aliphatic rings. The van der Waals surface area contributed by atoms with Crippen molar-refractivity contribution in [3.63, 3.8) is 0 Å². The molecule has 112 valence electrons. The zero-order valence-corrected chi connectivity index (χ0v) is 12.8. The predicted molar refractivity (Wildman–Crippen MR) is 82.5 cm³/mol. The highest BCUT2D eigenvalue weighted by atomic mass is 16.5. The van der Waals surface area contributed by atoms with Crippen LogP contribution in [0.2, 0.25) is 0 Å². The molecule has 1 rings (SSSR count). The molecule has 0 spiro atoms. The SMILES string of the molecule is COC(=O)CCCCCCCN(C)Cc1ccccc1. The zero-order chi connectivity index (χ0) is 14.6. The average Bonchev–Trinajstić information content (AvgIpc) is 2.47. The molecule has 0 bridgehead atoms. The third-order valence-electron chi connectivity index (χ3n) is 3.44. The normalized spacial score (nSPS) is 10.8. The maximum Gasteiger partial charge on any atom is 0.305 e. The van der Waals surface area contributed by atoms with Gasteiger partial charge < -0.3 is 9.64 Å². The number of carbonyl (C=O) groups is 1. The van der Waals surface area contributed by atoms with E-state index in [1.165, 1.54) is 31.9 Å². The van der Waals surface area contributed by atoms with Crippen LogP contribution in [0.1, 0.15) is 44.1 Å². The zero-order valence-electron chi connectivity index (χ0n) is 12.8. The maximum absolute atomic E-state index is 10.9. The fraction of sp³-hybridized carbons (Fsp3) is 0.588. The molecule has 0 N–H and O–H groups in total. The number of benzene rings is 1. The fourth-order valence-electron chi connectivity index (χ4n) is 2.26. The quantitative estimate of drug-likeness (QED) is 0.483. The van der Waals surface area contributed by atoms with Crippen molar-refractivity contribution in [1.82, 2.24) is 4.90 Å². The number of hydrogen-bond acceptors (Lipinski definition) is 3. The van der Waals surface area contributed by atoms with E-state index in [0.29, 0.717) is 6.42 Å². The largest absolute Gasteiger partial charge is 0.469 e. The van der Waals surface area contributed by atoms with E-state index in [0.717, 1.165) is 25.9 Å². The third-order valence-corrected chi connectivity index (χ3v) is 3.44. The lowest BCUT2D eigenvalue weighted by atomic mass is 10.1. The van der Waals surface area contributed by atoms with Crippen LogP contribution in [-0.4, -0.2) is 31.6 Å². The lowest BCUT2D eigenvalue weighted by molar-refractivity contribution is -0.140. The number of nitrogens with zero attached hydrogens (tertiary/aromatic N) is 1. The van der Waals surface area contributed by atoms with Gasteiger partial charge in [0.2, 0.25) is 0 Å². The Hall–Kier alpha value is -1.35. The van der Waals surface area contributed by atoms with E-state index in [4.69, 9.17) is 0 Å². The van der Waals surface area contributed by atoms with Gasteiger partial charge in [0.1, 0.15) is 0 Å². The lowest BCUT2D eigenvalue weighted by Gasteiger charge is -2.16. The number of ether oxygens (including phenoxy) is 1. The Balaban J connectivity index is 1.97. The van der Waals surface area contributed by atoms with Crippen molar-refractivity contribution in [2.75, 3.05) is 20.7 Å². The molecule has 0 saturated heterocycles. The summed E-state index contributed by atoms with van der Waals surface area (Å²) in [5.74, 6) is -0.0902. The predicted octanol–water partition coefficient (Wildman–Crippen LogP) is 3.63. The summed E-state index contributed by atoms with van der Waals surface area (Å²) in [6, 6.07) is 10.6. The molecule has 0 aromatic heterocycles. The molecule has 0 radical (unpaired) electrons. The highest BCUT2D eigenvalue weighted by Crippen LogP contribution is 2.08. The van der Waals surface area contributed by atoms with Gasteiger partial charge in [0, 0.05) is 13.0 Å². The Bertz CT molecular complexity index is 365. The van der Waals surface area contributed by atoms with Crippen molar-refractivity contribution >= 4 is 5.97 Å². The molecule has 20 heavy (non-hydrogen) atoms. The minimum atomic E-state index is -0.0902. The van der Waals surface area contributed by atoms with E-state index < -0.39 is 0 Å². The Morgan fingerprint density at radius 3 is 2.40 bits per heavy atom. The number of carbonyl (C=O) groups excluding carboxylic acids is 1. The average molecular weight is 277 g/mol. The van der Waals surface area contributed by atoms with Crippen molar-refractivity contribution in [1.29, 1.82) is 0 Å². The smallest absolute Gasteiger partial charge is 0.305 e. The molecule has 0 heterocycles. The van der Waals surface area contributed by atoms with E-state index in [1.807, 2.05) is 0 Å². The van der Waals surface area contributed by atoms with Crippen molar-refractivity contribution in [2.24, 2.45) is 0 Å². The van der Waals surface area contributed by atoms with Gasteiger partial charge in [-0.05, 0) is 32.0 Å². The lowest BCUT2D eigenvalue weighted by Crippen LogP contribution is -2.18. The van der Waals surface area contributed by atoms with Gasteiger partial charge in [-0.25, -0.2) is 0 Å². The first kappa shape index (κ1) is 16.7. The van der Waals surface area contributed by atoms with Gasteiger partial charge in [-0.3, -0.25) is 4.79 Å². The molecule has 0 aliphatic heterocycles. The topological polar surface area (TPSA) is 29.5 Å². The van der Waals surface area contributed by atoms with Crippen LogP contribution in [0.4, 0.5) is 0 Å². The molecule has 0 atom stereocenters. The molecule has 3 heteroatoms. The Morgan fingerprint density at radius 1 is 1.05 bits per heavy atom. The van der Waals surface area contributed by atoms with Gasteiger partial charge in [0.05, 0.1) is 7.11 Å². The summed E-state index contributed by atoms with van der Waals surface area (Å²) >= 11 is 0. The van der Waals surface area contributed by atoms with Crippen molar-refractivity contribution in [3.8, 4) is 0 Å². The monoisotopic (exact) mass is 277 g/mol. The van der Waals surface area contributed by atoms with Crippen LogP contribution in [0.25, 0.3) is 0 Å². The van der Waals surface area contributed by atoms with Crippen LogP contribution < -0.4 is 0 Å². The summed E-state index contributed by atoms with van der Waals surface area (Å²) in [5, 5.41) is 0. The minimum absolute atomic E-state index is 0.0902. The van der Waals surface area contributed by atoms with Gasteiger partial charge >= 0.3 is 5.97 Å². The second-order valence-corrected chi connectivity index (χ2v) is 5.32. The second kappa shape index (κ2) is 10.4. The van der Waals surface area contributed by atoms with Gasteiger partial charge in [0.15, 0.2) is 0 Å². The molecular formula is C17H27NO2. The van der Waals surface area contributed by atoms with Crippen molar-refractivity contribution < 1.29 is 9.53 Å². The van der Waals surface area contributed by atoms with Crippen LogP contribution in [0.15, 0.2) is 30.3 Å². The number of rotatable bonds is 10. The van der Waals surface area contributed by atoms with Crippen molar-refractivity contribution in [3.05, 3.63) is 35.9 Å². The van der Waals surface area contributed by atoms with Gasteiger partial charge in [-0.15, -0.1) is 0 Å². The fourth-order valence-corrected chi connectivity index (χ4v) is 2.26. The first-order chi connectivity index (χ1) is 9.72. The van der Waals surface area contributed by atoms with Crippen molar-refractivity contribution in [2.45, 2.75) is 45.1 Å². The molecule has 1 aromatic rings. The summed E-state index contributed by atoms with van der Waals surface area (Å²) in [7, 11) is 3.62. The van der Waals surface area contributed by atoms with E-state index >= 15 is 0 Å². The van der Waals surface area contributed by atoms with Crippen LogP contribution in [-0.2, 0) is 16.1 Å². The Morgan fingerprint density at radius 2 is 1.70 bits per heavy atom. The molecule has 0 amide bonds. The van der Waals surface area contributed by atoms with Gasteiger partial charge in [-0.2, -0.15) is 0 Å². The third kappa shape index (κ3) is 7.95. The molecule has 1 aromatic carbocycles. The first-order valence-electron chi connectivity index (χ1n) is 7.51. The van der Waals surface area contributed by atoms with Crippen LogP contribution in [0, 0.1) is 0 Å². The first-order valence-corrected chi connectivity index (χ1v) is 7.51. The van der Waals surface area contributed by atoms with Gasteiger partial charge in [-0.1, -0.05) is 49.6 Å². The molecule has 0 unspecified atom stereocenters. The number of hydrogen-bond donors (Lipinski definition) is 0. The summed E-state index contributed by atoms with van der Waals surface area (Å²) < 4.78 is 4.62. The van der Waals surface area contributed by atoms with Crippen LogP contribution in [0.5, 0.6) is 0 Å². The number of methoxy groups -OCH3 is 1. The maximum atomic E-state index is 10.9. The molecule has 0 fully saturated rings. The van der Waals surface area contributed by atoms with E-state index in [2.05, 4.69) is 47.0 Å². The number of esters is 1. The molecule has 0 aliphatic carbocycles. The number of unbranched alkanes of at least 4 members (excludes halogenated alkanes) is 4. The molecule has 0 saturated carbocycles. The summed E-state index contributed by atoms with van der Waals surface area (Å²) in [6.07, 6.45) is 6.30. The summed E-state index contributed by atoms with van der Waals surface area (Å²) in [6.45, 7) is 2.15. The highest BCUT2D eigenvalue weighted by molar-refractivity contribution is 5.68. The summed E-state index contributed by atoms with van der Waals surface area (Å²) in [4.78, 5) is 13.3. The molecule has 3 nitrogen and oxygen atoms in total. The van der Waals surface area contributed by atoms with E-state index in [9.17, 15) is 4.79 Å². The molecular weight excluding hydrogens is 250 g/mol. The van der Waals surface area contributed by atoms with Crippen LogP contribution >= 0.6 is 0 Å². The standard InChI is InChI=1S/C17H27NO2/c1-18(15-16-11-7-6-8-12-16)14-10-5-3-4-9-13-17(19)20-2/h6-8,11-12H,3-5,9-10,13-15H2,1-2H3. The second-order valence-electron chi connectivity index (χ2n) is 5.32. The Labute approximate surface area is 122 Å². The van der Waals surface area contributed by atoms with E-state index in [-0.39, 0.29) is 5.97 Å².